The van der Waals surface area contributed by atoms with Crippen LogP contribution in [0.4, 0.5) is 3.89 Å². The number of aryl methyl sites for hydroxylation is 1. The number of carbonyl (C=O) groups excluding carboxylic acids is 1. The zero-order valence-corrected chi connectivity index (χ0v) is 13.5. The van der Waals surface area contributed by atoms with Crippen molar-refractivity contribution in [3.8, 4) is 18.1 Å². The summed E-state index contributed by atoms with van der Waals surface area (Å²) in [7, 11) is -3.51. The maximum absolute atomic E-state index is 12.7. The van der Waals surface area contributed by atoms with Crippen molar-refractivity contribution in [2.45, 2.75) is 13.0 Å². The standard InChI is InChI=1S/C14H13FN4O4S/c1-4-10-5-11(7-12(6-10)23-24(15,21)22)14(20)17-9(2)13-18-16-8-19(13)3/h1,5-9H,2-3H3,(H,17,20). The summed E-state index contributed by atoms with van der Waals surface area (Å²) in [6.07, 6.45) is 6.73. The van der Waals surface area contributed by atoms with Crippen LogP contribution in [0.15, 0.2) is 24.5 Å². The highest BCUT2D eigenvalue weighted by Crippen LogP contribution is 2.20. The summed E-state index contributed by atoms with van der Waals surface area (Å²) in [5, 5.41) is 10.2. The third kappa shape index (κ3) is 4.30. The molecule has 2 rings (SSSR count). The molecule has 1 N–H and O–H groups in total. The Morgan fingerprint density at radius 1 is 1.46 bits per heavy atom. The van der Waals surface area contributed by atoms with Gasteiger partial charge in [0.25, 0.3) is 5.91 Å². The zero-order chi connectivity index (χ0) is 17.9. The highest BCUT2D eigenvalue weighted by atomic mass is 32.3. The van der Waals surface area contributed by atoms with E-state index < -0.39 is 28.2 Å². The summed E-state index contributed by atoms with van der Waals surface area (Å²) in [4.78, 5) is 12.3. The summed E-state index contributed by atoms with van der Waals surface area (Å²) in [6, 6.07) is 3.06. The van der Waals surface area contributed by atoms with Gasteiger partial charge in [0.2, 0.25) is 0 Å². The van der Waals surface area contributed by atoms with E-state index in [0.29, 0.717) is 5.82 Å². The number of benzene rings is 1. The molecule has 0 radical (unpaired) electrons. The SMILES string of the molecule is C#Cc1cc(OS(=O)(=O)F)cc(C(=O)NC(C)c2nncn2C)c1. The van der Waals surface area contributed by atoms with Crippen molar-refractivity contribution in [3.63, 3.8) is 0 Å². The number of nitrogens with zero attached hydrogens (tertiary/aromatic N) is 3. The number of aromatic nitrogens is 3. The Hall–Kier alpha value is -2.93. The molecule has 8 nitrogen and oxygen atoms in total. The smallest absolute Gasteiger partial charge is 0.358 e. The average Bonchev–Trinajstić information content (AvgIpc) is 2.91. The van der Waals surface area contributed by atoms with Crippen LogP contribution >= 0.6 is 0 Å². The lowest BCUT2D eigenvalue weighted by atomic mass is 10.1. The molecule has 0 aliphatic carbocycles. The lowest BCUT2D eigenvalue weighted by Crippen LogP contribution is -2.28. The molecule has 0 fully saturated rings. The summed E-state index contributed by atoms with van der Waals surface area (Å²) in [6.45, 7) is 1.69. The fraction of sp³-hybridized carbons (Fsp3) is 0.214. The van der Waals surface area contributed by atoms with Crippen LogP contribution in [0.3, 0.4) is 0 Å². The monoisotopic (exact) mass is 352 g/mol. The number of halogens is 1. The summed E-state index contributed by atoms with van der Waals surface area (Å²) < 4.78 is 39.6. The van der Waals surface area contributed by atoms with Gasteiger partial charge in [-0.1, -0.05) is 9.81 Å². The molecule has 0 aliphatic heterocycles. The van der Waals surface area contributed by atoms with Gasteiger partial charge in [-0.05, 0) is 25.1 Å². The van der Waals surface area contributed by atoms with Crippen LogP contribution in [-0.2, 0) is 17.6 Å². The first kappa shape index (κ1) is 17.4. The van der Waals surface area contributed by atoms with Crippen molar-refractivity contribution in [2.24, 2.45) is 7.05 Å². The minimum absolute atomic E-state index is 0.0121. The first-order valence-electron chi connectivity index (χ1n) is 6.60. The van der Waals surface area contributed by atoms with Gasteiger partial charge in [0, 0.05) is 18.2 Å². The number of terminal acetylenes is 1. The second-order valence-electron chi connectivity index (χ2n) is 4.86. The second kappa shape index (κ2) is 6.67. The number of nitrogens with one attached hydrogen (secondary N) is 1. The highest BCUT2D eigenvalue weighted by molar-refractivity contribution is 7.81. The molecule has 0 spiro atoms. The van der Waals surface area contributed by atoms with E-state index in [9.17, 15) is 17.1 Å². The topological polar surface area (TPSA) is 103 Å². The molecule has 0 saturated heterocycles. The van der Waals surface area contributed by atoms with Crippen LogP contribution in [-0.4, -0.2) is 29.1 Å². The maximum atomic E-state index is 12.7. The van der Waals surface area contributed by atoms with Crippen LogP contribution < -0.4 is 9.50 Å². The fourth-order valence-electron chi connectivity index (χ4n) is 2.01. The predicted octanol–water partition coefficient (Wildman–Crippen LogP) is 0.881. The number of rotatable bonds is 5. The van der Waals surface area contributed by atoms with E-state index in [2.05, 4.69) is 25.6 Å². The van der Waals surface area contributed by atoms with Gasteiger partial charge >= 0.3 is 10.5 Å². The lowest BCUT2D eigenvalue weighted by Gasteiger charge is -2.13. The normalized spacial score (nSPS) is 12.2. The first-order valence-corrected chi connectivity index (χ1v) is 7.91. The molecule has 24 heavy (non-hydrogen) atoms. The van der Waals surface area contributed by atoms with Gasteiger partial charge in [0.1, 0.15) is 12.1 Å². The summed E-state index contributed by atoms with van der Waals surface area (Å²) in [5.74, 6) is 1.78. The Labute approximate surface area is 138 Å². The van der Waals surface area contributed by atoms with Gasteiger partial charge in [-0.25, -0.2) is 0 Å². The van der Waals surface area contributed by atoms with E-state index in [1.54, 1.807) is 18.5 Å². The molecule has 0 saturated carbocycles. The number of amides is 1. The van der Waals surface area contributed by atoms with Crippen LogP contribution in [0.5, 0.6) is 5.75 Å². The van der Waals surface area contributed by atoms with E-state index in [1.165, 1.54) is 12.4 Å². The highest BCUT2D eigenvalue weighted by Gasteiger charge is 2.18. The van der Waals surface area contributed by atoms with Gasteiger partial charge in [0.15, 0.2) is 5.82 Å². The molecule has 1 unspecified atom stereocenters. The molecule has 2 aromatic rings. The van der Waals surface area contributed by atoms with Crippen molar-refractivity contribution in [1.29, 1.82) is 0 Å². The number of hydrogen-bond acceptors (Lipinski definition) is 6. The van der Waals surface area contributed by atoms with E-state index in [-0.39, 0.29) is 11.1 Å². The van der Waals surface area contributed by atoms with Crippen LogP contribution in [0, 0.1) is 12.3 Å². The molecule has 0 bridgehead atoms. The van der Waals surface area contributed by atoms with Gasteiger partial charge in [0.05, 0.1) is 6.04 Å². The van der Waals surface area contributed by atoms with Gasteiger partial charge in [-0.15, -0.1) is 16.6 Å². The number of carbonyl (C=O) groups is 1. The van der Waals surface area contributed by atoms with Crippen molar-refractivity contribution in [2.75, 3.05) is 0 Å². The molecule has 1 aromatic heterocycles. The Morgan fingerprint density at radius 2 is 2.17 bits per heavy atom. The molecular weight excluding hydrogens is 339 g/mol. The lowest BCUT2D eigenvalue weighted by molar-refractivity contribution is 0.0937. The van der Waals surface area contributed by atoms with Crippen molar-refractivity contribution >= 4 is 16.4 Å². The van der Waals surface area contributed by atoms with Gasteiger partial charge < -0.3 is 14.1 Å². The Balaban J connectivity index is 2.27. The van der Waals surface area contributed by atoms with Crippen LogP contribution in [0.1, 0.15) is 34.7 Å². The van der Waals surface area contributed by atoms with E-state index in [0.717, 1.165) is 12.1 Å². The first-order chi connectivity index (χ1) is 11.2. The molecule has 1 aromatic carbocycles. The zero-order valence-electron chi connectivity index (χ0n) is 12.7. The Bertz CT molecular complexity index is 917. The van der Waals surface area contributed by atoms with Gasteiger partial charge in [-0.3, -0.25) is 4.79 Å². The van der Waals surface area contributed by atoms with Crippen molar-refractivity contribution in [3.05, 3.63) is 41.5 Å². The van der Waals surface area contributed by atoms with E-state index in [1.807, 2.05) is 0 Å². The fourth-order valence-corrected chi connectivity index (χ4v) is 2.33. The Kier molecular flexibility index (Phi) is 4.85. The summed E-state index contributed by atoms with van der Waals surface area (Å²) >= 11 is 0. The molecule has 1 atom stereocenters. The molecule has 1 heterocycles. The largest absolute Gasteiger partial charge is 0.488 e. The predicted molar refractivity (Wildman–Crippen MR) is 81.9 cm³/mol. The van der Waals surface area contributed by atoms with Crippen LogP contribution in [0.2, 0.25) is 0 Å². The summed E-state index contributed by atoms with van der Waals surface area (Å²) in [5.41, 5.74) is 0.172. The molecule has 0 aliphatic rings. The third-order valence-corrected chi connectivity index (χ3v) is 3.40. The average molecular weight is 352 g/mol. The van der Waals surface area contributed by atoms with E-state index >= 15 is 0 Å². The van der Waals surface area contributed by atoms with Crippen molar-refractivity contribution in [1.82, 2.24) is 20.1 Å². The van der Waals surface area contributed by atoms with E-state index in [4.69, 9.17) is 6.42 Å². The molecule has 1 amide bonds. The quantitative estimate of drug-likeness (QED) is 0.633. The molecule has 10 heteroatoms. The molecule has 126 valence electrons. The second-order valence-corrected chi connectivity index (χ2v) is 5.81. The molecular formula is C14H13FN4O4S. The minimum atomic E-state index is -5.23. The van der Waals surface area contributed by atoms with Crippen molar-refractivity contribution < 1.29 is 21.3 Å². The minimum Gasteiger partial charge on any atom is -0.358 e. The van der Waals surface area contributed by atoms with Crippen LogP contribution in [0.25, 0.3) is 0 Å². The maximum Gasteiger partial charge on any atom is 0.488 e. The Morgan fingerprint density at radius 3 is 2.71 bits per heavy atom. The third-order valence-electron chi connectivity index (χ3n) is 3.01. The van der Waals surface area contributed by atoms with Gasteiger partial charge in [-0.2, -0.15) is 8.42 Å². The number of hydrogen-bond donors (Lipinski definition) is 1.